The predicted molar refractivity (Wildman–Crippen MR) is 58.1 cm³/mol. The lowest BCUT2D eigenvalue weighted by atomic mass is 10.0. The average Bonchev–Trinajstić information content (AvgIpc) is 2.22. The van der Waals surface area contributed by atoms with Gasteiger partial charge in [-0.2, -0.15) is 0 Å². The first-order valence-corrected chi connectivity index (χ1v) is 4.88. The molecule has 1 aliphatic heterocycles. The van der Waals surface area contributed by atoms with Crippen molar-refractivity contribution in [1.82, 2.24) is 0 Å². The van der Waals surface area contributed by atoms with E-state index in [9.17, 15) is 0 Å². The molecule has 0 spiro atoms. The number of nitrogen functional groups attached to an aromatic ring is 1. The van der Waals surface area contributed by atoms with Crippen molar-refractivity contribution < 1.29 is 6.16 Å². The van der Waals surface area contributed by atoms with Gasteiger partial charge in [0.05, 0.1) is 6.61 Å². The van der Waals surface area contributed by atoms with E-state index in [0.29, 0.717) is 0 Å². The van der Waals surface area contributed by atoms with Crippen LogP contribution in [0.3, 0.4) is 0 Å². The van der Waals surface area contributed by atoms with Crippen molar-refractivity contribution in [3.8, 4) is 5.75 Å². The van der Waals surface area contributed by atoms with E-state index in [1.165, 1.54) is 5.56 Å². The van der Waals surface area contributed by atoms with Crippen LogP contribution < -0.4 is 10.5 Å². The van der Waals surface area contributed by atoms with Crippen LogP contribution in [0, 0.1) is 0 Å². The maximum atomic E-state index is 5.76. The highest BCUT2D eigenvalue weighted by molar-refractivity contribution is 5.54. The normalized spacial score (nSPS) is 13.4. The molecule has 1 aliphatic rings. The highest BCUT2D eigenvalue weighted by Gasteiger charge is 2.11. The molecule has 0 saturated heterocycles. The molecular formula is C11H19NO. The third-order valence-corrected chi connectivity index (χ3v) is 2.00. The Hall–Kier alpha value is -1.18. The summed E-state index contributed by atoms with van der Waals surface area (Å²) in [6, 6.07) is 5.83. The molecule has 0 fully saturated rings. The zero-order valence-electron chi connectivity index (χ0n) is 8.34. The van der Waals surface area contributed by atoms with Gasteiger partial charge in [-0.15, -0.1) is 0 Å². The van der Waals surface area contributed by atoms with Gasteiger partial charge in [0.2, 0.25) is 0 Å². The molecule has 2 heteroatoms. The molecule has 0 unspecified atom stereocenters. The number of hydrogen-bond donors (Lipinski definition) is 1. The minimum atomic E-state index is 0. The Morgan fingerprint density at radius 2 is 2.15 bits per heavy atom. The zero-order chi connectivity index (χ0) is 9.68. The lowest BCUT2D eigenvalue weighted by Gasteiger charge is -2.17. The summed E-state index contributed by atoms with van der Waals surface area (Å²) < 4.78 is 5.42. The summed E-state index contributed by atoms with van der Waals surface area (Å²) in [6.07, 6.45) is 2.14. The van der Waals surface area contributed by atoms with Crippen molar-refractivity contribution in [3.05, 3.63) is 23.8 Å². The largest absolute Gasteiger partial charge is 0.493 e. The monoisotopic (exact) mass is 181 g/mol. The second kappa shape index (κ2) is 4.75. The smallest absolute Gasteiger partial charge is 0.124 e. The molecule has 2 N–H and O–H groups in total. The van der Waals surface area contributed by atoms with Crippen LogP contribution in [0.25, 0.3) is 0 Å². The second-order valence-corrected chi connectivity index (χ2v) is 2.78. The number of rotatable bonds is 0. The lowest BCUT2D eigenvalue weighted by Crippen LogP contribution is -2.09. The average molecular weight is 181 g/mol. The van der Waals surface area contributed by atoms with Crippen LogP contribution >= 0.6 is 0 Å². The van der Waals surface area contributed by atoms with Crippen LogP contribution in [-0.4, -0.2) is 6.61 Å². The molecule has 1 aromatic rings. The summed E-state index contributed by atoms with van der Waals surface area (Å²) in [5.41, 5.74) is 7.80. The molecular weight excluding hydrogens is 162 g/mol. The quantitative estimate of drug-likeness (QED) is 0.625. The van der Waals surface area contributed by atoms with E-state index in [1.807, 2.05) is 32.0 Å². The number of benzene rings is 1. The summed E-state index contributed by atoms with van der Waals surface area (Å²) >= 11 is 0. The van der Waals surface area contributed by atoms with Crippen molar-refractivity contribution >= 4 is 5.69 Å². The van der Waals surface area contributed by atoms with Gasteiger partial charge in [0, 0.05) is 12.7 Å². The topological polar surface area (TPSA) is 35.2 Å². The molecule has 13 heavy (non-hydrogen) atoms. The van der Waals surface area contributed by atoms with E-state index in [2.05, 4.69) is 0 Å². The van der Waals surface area contributed by atoms with E-state index in [0.717, 1.165) is 30.9 Å². The molecule has 2 nitrogen and oxygen atoms in total. The van der Waals surface area contributed by atoms with Gasteiger partial charge >= 0.3 is 0 Å². The SMILES string of the molecule is CC.Nc1cccc2c1CCCO2.[HH]. The van der Waals surface area contributed by atoms with E-state index in [-0.39, 0.29) is 1.43 Å². The molecule has 1 aromatic carbocycles. The van der Waals surface area contributed by atoms with Crippen molar-refractivity contribution in [2.45, 2.75) is 26.7 Å². The minimum Gasteiger partial charge on any atom is -0.493 e. The Morgan fingerprint density at radius 1 is 1.38 bits per heavy atom. The zero-order valence-corrected chi connectivity index (χ0v) is 8.34. The number of nitrogens with two attached hydrogens (primary N) is 1. The highest BCUT2D eigenvalue weighted by atomic mass is 16.5. The van der Waals surface area contributed by atoms with Crippen molar-refractivity contribution in [2.24, 2.45) is 0 Å². The van der Waals surface area contributed by atoms with Crippen LogP contribution in [0.2, 0.25) is 0 Å². The first-order valence-electron chi connectivity index (χ1n) is 4.88. The number of hydrogen-bond acceptors (Lipinski definition) is 2. The van der Waals surface area contributed by atoms with Crippen molar-refractivity contribution in [3.63, 3.8) is 0 Å². The first kappa shape index (κ1) is 9.90. The van der Waals surface area contributed by atoms with Crippen molar-refractivity contribution in [1.29, 1.82) is 0 Å². The molecule has 0 aromatic heterocycles. The van der Waals surface area contributed by atoms with Gasteiger partial charge in [-0.3, -0.25) is 0 Å². The molecule has 0 aliphatic carbocycles. The number of fused-ring (bicyclic) bond motifs is 1. The second-order valence-electron chi connectivity index (χ2n) is 2.78. The van der Waals surface area contributed by atoms with Crippen LogP contribution in [0.4, 0.5) is 5.69 Å². The van der Waals surface area contributed by atoms with Crippen LogP contribution in [0.1, 0.15) is 27.3 Å². The molecule has 0 radical (unpaired) electrons. The maximum absolute atomic E-state index is 5.76. The molecule has 0 amide bonds. The third kappa shape index (κ3) is 2.14. The Balaban J connectivity index is 0.000000531. The molecule has 0 atom stereocenters. The fraction of sp³-hybridized carbons (Fsp3) is 0.455. The van der Waals surface area contributed by atoms with E-state index >= 15 is 0 Å². The van der Waals surface area contributed by atoms with Gasteiger partial charge in [0.25, 0.3) is 0 Å². The fourth-order valence-electron chi connectivity index (χ4n) is 1.42. The summed E-state index contributed by atoms with van der Waals surface area (Å²) in [5.74, 6) is 0.969. The molecule has 2 rings (SSSR count). The van der Waals surface area contributed by atoms with Gasteiger partial charge in [-0.1, -0.05) is 19.9 Å². The van der Waals surface area contributed by atoms with Gasteiger partial charge in [0.1, 0.15) is 5.75 Å². The Morgan fingerprint density at radius 3 is 2.85 bits per heavy atom. The Kier molecular flexibility index (Phi) is 3.62. The third-order valence-electron chi connectivity index (χ3n) is 2.00. The van der Waals surface area contributed by atoms with Crippen LogP contribution in [-0.2, 0) is 6.42 Å². The van der Waals surface area contributed by atoms with Gasteiger partial charge in [-0.25, -0.2) is 0 Å². The van der Waals surface area contributed by atoms with Gasteiger partial charge < -0.3 is 10.5 Å². The Bertz CT molecular complexity index is 276. The van der Waals surface area contributed by atoms with E-state index < -0.39 is 0 Å². The first-order chi connectivity index (χ1) is 6.38. The van der Waals surface area contributed by atoms with Crippen LogP contribution in [0.5, 0.6) is 5.75 Å². The minimum absolute atomic E-state index is 0. The maximum Gasteiger partial charge on any atom is 0.124 e. The molecule has 0 saturated carbocycles. The highest BCUT2D eigenvalue weighted by Crippen LogP contribution is 2.28. The summed E-state index contributed by atoms with van der Waals surface area (Å²) in [6.45, 7) is 4.83. The number of ether oxygens (including phenoxy) is 1. The summed E-state index contributed by atoms with van der Waals surface area (Å²) in [7, 11) is 0. The number of anilines is 1. The lowest BCUT2D eigenvalue weighted by molar-refractivity contribution is 0.289. The fourth-order valence-corrected chi connectivity index (χ4v) is 1.42. The van der Waals surface area contributed by atoms with Gasteiger partial charge in [0.15, 0.2) is 0 Å². The molecule has 0 bridgehead atoms. The predicted octanol–water partition coefficient (Wildman–Crippen LogP) is 2.87. The summed E-state index contributed by atoms with van der Waals surface area (Å²) in [5, 5.41) is 0. The Labute approximate surface area is 81.2 Å². The molecule has 1 heterocycles. The summed E-state index contributed by atoms with van der Waals surface area (Å²) in [4.78, 5) is 0. The molecule has 74 valence electrons. The van der Waals surface area contributed by atoms with Crippen molar-refractivity contribution in [2.75, 3.05) is 12.3 Å². The van der Waals surface area contributed by atoms with E-state index in [4.69, 9.17) is 10.5 Å². The standard InChI is InChI=1S/C9H11NO.C2H6.H2/c10-8-4-1-5-9-7(8)3-2-6-11-9;1-2;/h1,4-5H,2-3,6,10H2;1-2H3;1H. The van der Waals surface area contributed by atoms with Crippen LogP contribution in [0.15, 0.2) is 18.2 Å². The van der Waals surface area contributed by atoms with Gasteiger partial charge in [-0.05, 0) is 25.0 Å². The van der Waals surface area contributed by atoms with E-state index in [1.54, 1.807) is 0 Å².